The highest BCUT2D eigenvalue weighted by atomic mass is 35.5. The van der Waals surface area contributed by atoms with E-state index in [0.717, 1.165) is 5.56 Å². The number of phenols is 1. The fourth-order valence-electron chi connectivity index (χ4n) is 1.89. The molecule has 2 aromatic rings. The second kappa shape index (κ2) is 6.56. The number of halogens is 3. The lowest BCUT2D eigenvalue weighted by molar-refractivity contribution is 0.0939. The molecule has 110 valence electrons. The third-order valence-corrected chi connectivity index (χ3v) is 3.86. The first-order valence-corrected chi connectivity index (χ1v) is 7.26. The predicted molar refractivity (Wildman–Crippen MR) is 85.5 cm³/mol. The van der Waals surface area contributed by atoms with Gasteiger partial charge in [0.05, 0.1) is 16.6 Å². The lowest BCUT2D eigenvalue weighted by Crippen LogP contribution is -2.27. The van der Waals surface area contributed by atoms with Gasteiger partial charge in [0.25, 0.3) is 5.91 Å². The summed E-state index contributed by atoms with van der Waals surface area (Å²) in [4.78, 5) is 12.2. The van der Waals surface area contributed by atoms with E-state index in [4.69, 9.17) is 34.8 Å². The summed E-state index contributed by atoms with van der Waals surface area (Å²) >= 11 is 17.9. The van der Waals surface area contributed by atoms with Crippen molar-refractivity contribution >= 4 is 40.7 Å². The van der Waals surface area contributed by atoms with Crippen LogP contribution in [0.15, 0.2) is 36.4 Å². The second-order valence-corrected chi connectivity index (χ2v) is 5.78. The van der Waals surface area contributed by atoms with Crippen LogP contribution in [0.2, 0.25) is 15.1 Å². The highest BCUT2D eigenvalue weighted by molar-refractivity contribution is 6.35. The zero-order chi connectivity index (χ0) is 15.6. The quantitative estimate of drug-likeness (QED) is 0.836. The summed E-state index contributed by atoms with van der Waals surface area (Å²) in [6.45, 7) is 1.80. The summed E-state index contributed by atoms with van der Waals surface area (Å²) in [5, 5.41) is 13.5. The summed E-state index contributed by atoms with van der Waals surface area (Å²) in [6.07, 6.45) is 0. The van der Waals surface area contributed by atoms with Crippen LogP contribution in [0, 0.1) is 0 Å². The number of carbonyl (C=O) groups is 1. The standard InChI is InChI=1S/C15H12Cl3NO2/c1-8(11-4-2-9(16)6-14(11)18)19-15(21)12-7-10(20)3-5-13(12)17/h2-8,20H,1H3,(H,19,21). The maximum absolute atomic E-state index is 12.2. The highest BCUT2D eigenvalue weighted by Gasteiger charge is 2.16. The van der Waals surface area contributed by atoms with E-state index in [1.165, 1.54) is 18.2 Å². The normalized spacial score (nSPS) is 12.0. The summed E-state index contributed by atoms with van der Waals surface area (Å²) in [5.41, 5.74) is 0.944. The Labute approximate surface area is 137 Å². The van der Waals surface area contributed by atoms with Crippen LogP contribution in [0.5, 0.6) is 5.75 Å². The number of amides is 1. The van der Waals surface area contributed by atoms with E-state index in [1.54, 1.807) is 25.1 Å². The first kappa shape index (κ1) is 16.0. The van der Waals surface area contributed by atoms with Crippen LogP contribution in [-0.2, 0) is 0 Å². The van der Waals surface area contributed by atoms with Crippen molar-refractivity contribution in [1.82, 2.24) is 5.32 Å². The Balaban J connectivity index is 2.20. The van der Waals surface area contributed by atoms with E-state index in [2.05, 4.69) is 5.32 Å². The van der Waals surface area contributed by atoms with Gasteiger partial charge in [-0.1, -0.05) is 40.9 Å². The van der Waals surface area contributed by atoms with Gasteiger partial charge in [0.1, 0.15) is 5.75 Å². The first-order chi connectivity index (χ1) is 9.88. The molecule has 0 radical (unpaired) electrons. The molecule has 21 heavy (non-hydrogen) atoms. The fourth-order valence-corrected chi connectivity index (χ4v) is 2.67. The second-order valence-electron chi connectivity index (χ2n) is 4.53. The molecule has 0 bridgehead atoms. The fraction of sp³-hybridized carbons (Fsp3) is 0.133. The van der Waals surface area contributed by atoms with Gasteiger partial charge in [-0.2, -0.15) is 0 Å². The summed E-state index contributed by atoms with van der Waals surface area (Å²) in [6, 6.07) is 8.92. The van der Waals surface area contributed by atoms with E-state index in [-0.39, 0.29) is 22.4 Å². The van der Waals surface area contributed by atoms with Crippen molar-refractivity contribution in [2.24, 2.45) is 0 Å². The molecule has 3 nitrogen and oxygen atoms in total. The minimum Gasteiger partial charge on any atom is -0.508 e. The van der Waals surface area contributed by atoms with Crippen LogP contribution in [0.4, 0.5) is 0 Å². The van der Waals surface area contributed by atoms with Gasteiger partial charge in [-0.15, -0.1) is 0 Å². The van der Waals surface area contributed by atoms with Gasteiger partial charge >= 0.3 is 0 Å². The van der Waals surface area contributed by atoms with Crippen molar-refractivity contribution in [3.05, 3.63) is 62.6 Å². The van der Waals surface area contributed by atoms with Crippen LogP contribution in [0.3, 0.4) is 0 Å². The van der Waals surface area contributed by atoms with Gasteiger partial charge < -0.3 is 10.4 Å². The molecule has 0 aliphatic heterocycles. The maximum atomic E-state index is 12.2. The molecule has 0 aliphatic carbocycles. The number of benzene rings is 2. The van der Waals surface area contributed by atoms with Gasteiger partial charge in [0.15, 0.2) is 0 Å². The van der Waals surface area contributed by atoms with E-state index < -0.39 is 5.91 Å². The number of rotatable bonds is 3. The Morgan fingerprint density at radius 3 is 2.48 bits per heavy atom. The van der Waals surface area contributed by atoms with E-state index in [9.17, 15) is 9.90 Å². The SMILES string of the molecule is CC(NC(=O)c1cc(O)ccc1Cl)c1ccc(Cl)cc1Cl. The zero-order valence-corrected chi connectivity index (χ0v) is 13.3. The molecule has 6 heteroatoms. The number of nitrogens with one attached hydrogen (secondary N) is 1. The molecule has 1 atom stereocenters. The number of hydrogen-bond donors (Lipinski definition) is 2. The van der Waals surface area contributed by atoms with E-state index in [1.807, 2.05) is 0 Å². The van der Waals surface area contributed by atoms with Crippen LogP contribution < -0.4 is 5.32 Å². The molecular weight excluding hydrogens is 333 g/mol. The molecule has 0 heterocycles. The van der Waals surface area contributed by atoms with Gasteiger partial charge in [0, 0.05) is 10.0 Å². The summed E-state index contributed by atoms with van der Waals surface area (Å²) < 4.78 is 0. The monoisotopic (exact) mass is 343 g/mol. The van der Waals surface area contributed by atoms with E-state index >= 15 is 0 Å². The summed E-state index contributed by atoms with van der Waals surface area (Å²) in [5.74, 6) is -0.420. The topological polar surface area (TPSA) is 49.3 Å². The van der Waals surface area contributed by atoms with Crippen molar-refractivity contribution in [2.45, 2.75) is 13.0 Å². The molecule has 0 fully saturated rings. The van der Waals surface area contributed by atoms with Gasteiger partial charge in [-0.05, 0) is 42.8 Å². The number of phenolic OH excluding ortho intramolecular Hbond substituents is 1. The van der Waals surface area contributed by atoms with Crippen LogP contribution >= 0.6 is 34.8 Å². The Kier molecular flexibility index (Phi) is 4.99. The Morgan fingerprint density at radius 1 is 1.10 bits per heavy atom. The maximum Gasteiger partial charge on any atom is 0.253 e. The van der Waals surface area contributed by atoms with Crippen molar-refractivity contribution < 1.29 is 9.90 Å². The Hall–Kier alpha value is -1.42. The van der Waals surface area contributed by atoms with Gasteiger partial charge in [-0.3, -0.25) is 4.79 Å². The Morgan fingerprint density at radius 2 is 1.81 bits per heavy atom. The molecule has 0 saturated carbocycles. The third kappa shape index (κ3) is 3.82. The Bertz CT molecular complexity index is 689. The lowest BCUT2D eigenvalue weighted by atomic mass is 10.1. The van der Waals surface area contributed by atoms with Gasteiger partial charge in [0.2, 0.25) is 0 Å². The molecule has 0 saturated heterocycles. The minimum atomic E-state index is -0.394. The molecule has 0 aromatic heterocycles. The predicted octanol–water partition coefficient (Wildman–Crippen LogP) is 4.84. The summed E-state index contributed by atoms with van der Waals surface area (Å²) in [7, 11) is 0. The van der Waals surface area contributed by atoms with Crippen molar-refractivity contribution in [3.8, 4) is 5.75 Å². The largest absolute Gasteiger partial charge is 0.508 e. The smallest absolute Gasteiger partial charge is 0.253 e. The first-order valence-electron chi connectivity index (χ1n) is 6.13. The van der Waals surface area contributed by atoms with E-state index in [0.29, 0.717) is 10.0 Å². The lowest BCUT2D eigenvalue weighted by Gasteiger charge is -2.16. The molecule has 1 amide bonds. The average Bonchev–Trinajstić information content (AvgIpc) is 2.41. The van der Waals surface area contributed by atoms with Crippen LogP contribution in [0.1, 0.15) is 28.9 Å². The number of aromatic hydroxyl groups is 1. The highest BCUT2D eigenvalue weighted by Crippen LogP contribution is 2.27. The number of carbonyl (C=O) groups excluding carboxylic acids is 1. The molecular formula is C15H12Cl3NO2. The number of hydrogen-bond acceptors (Lipinski definition) is 2. The minimum absolute atomic E-state index is 0.0262. The molecule has 2 aromatic carbocycles. The molecule has 1 unspecified atom stereocenters. The molecule has 2 rings (SSSR count). The average molecular weight is 345 g/mol. The van der Waals surface area contributed by atoms with Crippen LogP contribution in [0.25, 0.3) is 0 Å². The van der Waals surface area contributed by atoms with Gasteiger partial charge in [-0.25, -0.2) is 0 Å². The van der Waals surface area contributed by atoms with Crippen LogP contribution in [-0.4, -0.2) is 11.0 Å². The van der Waals surface area contributed by atoms with Crippen molar-refractivity contribution in [3.63, 3.8) is 0 Å². The molecule has 0 spiro atoms. The molecule has 0 aliphatic rings. The van der Waals surface area contributed by atoms with Crippen molar-refractivity contribution in [2.75, 3.05) is 0 Å². The third-order valence-electron chi connectivity index (χ3n) is 2.97. The zero-order valence-electron chi connectivity index (χ0n) is 11.0. The van der Waals surface area contributed by atoms with Crippen molar-refractivity contribution in [1.29, 1.82) is 0 Å². The molecule has 2 N–H and O–H groups in total.